The Bertz CT molecular complexity index is 433. The third-order valence-electron chi connectivity index (χ3n) is 3.31. The summed E-state index contributed by atoms with van der Waals surface area (Å²) in [7, 11) is 1.64. The van der Waals surface area contributed by atoms with Crippen LogP contribution in [0.3, 0.4) is 0 Å². The largest absolute Gasteiger partial charge is 0.361 e. The maximum Gasteiger partial charge on any atom is 0.160 e. The smallest absolute Gasteiger partial charge is 0.160 e. The van der Waals surface area contributed by atoms with Crippen molar-refractivity contribution in [1.82, 2.24) is 0 Å². The van der Waals surface area contributed by atoms with Crippen LogP contribution in [-0.2, 0) is 27.4 Å². The van der Waals surface area contributed by atoms with E-state index in [4.69, 9.17) is 11.2 Å². The minimum atomic E-state index is -0.773. The molecule has 1 atom stereocenters. The van der Waals surface area contributed by atoms with Gasteiger partial charge < -0.3 is 4.74 Å². The van der Waals surface area contributed by atoms with Gasteiger partial charge in [0.15, 0.2) is 5.60 Å². The molecule has 0 heterocycles. The fourth-order valence-corrected chi connectivity index (χ4v) is 2.23. The van der Waals surface area contributed by atoms with E-state index in [2.05, 4.69) is 5.92 Å². The monoisotopic (exact) mass is 330 g/mol. The number of methoxy groups -OCH3 is 1. The molecule has 0 bridgehead atoms. The maximum atomic E-state index is 5.67. The molecule has 1 unspecified atom stereocenters. The van der Waals surface area contributed by atoms with Crippen LogP contribution >= 0.6 is 0 Å². The van der Waals surface area contributed by atoms with E-state index in [0.29, 0.717) is 0 Å². The summed E-state index contributed by atoms with van der Waals surface area (Å²) in [5.74, 6) is 3.75. The molecule has 0 aliphatic heterocycles. The average Bonchev–Trinajstić information content (AvgIpc) is 3.27. The summed E-state index contributed by atoms with van der Waals surface area (Å²) in [6.45, 7) is 0. The molecule has 0 saturated heterocycles. The van der Waals surface area contributed by atoms with E-state index in [9.17, 15) is 0 Å². The van der Waals surface area contributed by atoms with Gasteiger partial charge in [0.25, 0.3) is 0 Å². The number of ether oxygens (including phenoxy) is 1. The Hall–Kier alpha value is -0.741. The van der Waals surface area contributed by atoms with Crippen molar-refractivity contribution in [1.29, 1.82) is 0 Å². The van der Waals surface area contributed by atoms with Crippen molar-refractivity contribution in [3.63, 3.8) is 0 Å². The van der Waals surface area contributed by atoms with Crippen LogP contribution in [0.25, 0.3) is 0 Å². The van der Waals surface area contributed by atoms with Gasteiger partial charge in [0.1, 0.15) is 0 Å². The van der Waals surface area contributed by atoms with Gasteiger partial charge in [-0.3, -0.25) is 0 Å². The van der Waals surface area contributed by atoms with Crippen LogP contribution in [-0.4, -0.2) is 7.11 Å². The van der Waals surface area contributed by atoms with E-state index in [1.165, 1.54) is 0 Å². The fourth-order valence-electron chi connectivity index (χ4n) is 2.23. The fraction of sp³-hybridized carbons (Fsp3) is 0.100. The Morgan fingerprint density at radius 2 is 1.36 bits per heavy atom. The SMILES string of the molecule is C#CC(OC)([C]1[CH][CH][CH][CH]1)c1ccccc1.[CH]1[CH][CH][CH][CH]1.[Fe]. The third kappa shape index (κ3) is 4.63. The van der Waals surface area contributed by atoms with Crippen LogP contribution in [0.2, 0.25) is 0 Å². The molecular weight excluding hydrogens is 312 g/mol. The van der Waals surface area contributed by atoms with Crippen molar-refractivity contribution >= 4 is 0 Å². The topological polar surface area (TPSA) is 9.23 Å². The van der Waals surface area contributed by atoms with Crippen molar-refractivity contribution in [3.8, 4) is 12.3 Å². The van der Waals surface area contributed by atoms with Gasteiger partial charge in [-0.1, -0.05) is 36.3 Å². The molecule has 10 radical (unpaired) electrons. The second kappa shape index (κ2) is 10.1. The van der Waals surface area contributed by atoms with Crippen molar-refractivity contribution in [2.75, 3.05) is 7.11 Å². The Labute approximate surface area is 146 Å². The van der Waals surface area contributed by atoms with E-state index in [-0.39, 0.29) is 17.1 Å². The normalized spacial score (nSPS) is 20.2. The number of hydrogen-bond acceptors (Lipinski definition) is 1. The van der Waals surface area contributed by atoms with Gasteiger partial charge in [-0.15, -0.1) is 6.42 Å². The first kappa shape index (κ1) is 19.3. The Morgan fingerprint density at radius 1 is 0.864 bits per heavy atom. The van der Waals surface area contributed by atoms with Gasteiger partial charge >= 0.3 is 0 Å². The Balaban J connectivity index is 0.000000344. The summed E-state index contributed by atoms with van der Waals surface area (Å²) in [6, 6.07) is 9.85. The second-order valence-electron chi connectivity index (χ2n) is 4.53. The van der Waals surface area contributed by atoms with Crippen LogP contribution in [0.4, 0.5) is 0 Å². The molecule has 0 N–H and O–H groups in total. The van der Waals surface area contributed by atoms with Crippen LogP contribution in [0.15, 0.2) is 30.3 Å². The first-order chi connectivity index (χ1) is 10.3. The zero-order valence-corrected chi connectivity index (χ0v) is 13.5. The third-order valence-corrected chi connectivity index (χ3v) is 3.31. The molecule has 1 nitrogen and oxygen atoms in total. The molecule has 1 aromatic rings. The van der Waals surface area contributed by atoms with E-state index in [1.807, 2.05) is 88.1 Å². The number of hydrogen-bond donors (Lipinski definition) is 0. The van der Waals surface area contributed by atoms with E-state index in [0.717, 1.165) is 11.5 Å². The average molecular weight is 330 g/mol. The minimum Gasteiger partial charge on any atom is -0.361 e. The molecule has 22 heavy (non-hydrogen) atoms. The molecule has 0 spiro atoms. The standard InChI is InChI=1S/C15H13O.C5H5.Fe/c1-3-15(16-2,14-11-7-8-12-14)13-9-5-4-6-10-13;1-2-4-5-3-1;/h1,4-12H,2H3;1-5H;. The summed E-state index contributed by atoms with van der Waals surface area (Å²) in [6.07, 6.45) is 23.6. The predicted molar refractivity (Wildman–Crippen MR) is 85.9 cm³/mol. The summed E-state index contributed by atoms with van der Waals surface area (Å²) in [5.41, 5.74) is 0.205. The van der Waals surface area contributed by atoms with E-state index >= 15 is 0 Å². The van der Waals surface area contributed by atoms with Crippen molar-refractivity contribution in [2.45, 2.75) is 5.60 Å². The summed E-state index contributed by atoms with van der Waals surface area (Å²) in [4.78, 5) is 0. The minimum absolute atomic E-state index is 0. The second-order valence-corrected chi connectivity index (χ2v) is 4.53. The van der Waals surface area contributed by atoms with Crippen LogP contribution < -0.4 is 0 Å². The first-order valence-electron chi connectivity index (χ1n) is 6.81. The molecule has 2 aliphatic rings. The molecule has 112 valence electrons. The van der Waals surface area contributed by atoms with Gasteiger partial charge in [0.05, 0.1) is 0 Å². The summed E-state index contributed by atoms with van der Waals surface area (Å²) >= 11 is 0. The molecule has 3 rings (SSSR count). The number of benzene rings is 1. The van der Waals surface area contributed by atoms with Gasteiger partial charge in [-0.05, 0) is 63.4 Å². The molecule has 2 heteroatoms. The number of rotatable bonds is 3. The number of terminal acetylenes is 1. The van der Waals surface area contributed by atoms with Crippen molar-refractivity contribution in [3.05, 3.63) is 99.6 Å². The molecular formula is C20H18FeO. The predicted octanol–water partition coefficient (Wildman–Crippen LogP) is 3.59. The van der Waals surface area contributed by atoms with E-state index < -0.39 is 5.60 Å². The summed E-state index contributed by atoms with van der Waals surface area (Å²) < 4.78 is 5.58. The molecule has 0 aromatic heterocycles. The van der Waals surface area contributed by atoms with Crippen LogP contribution in [0.5, 0.6) is 0 Å². The molecule has 0 amide bonds. The van der Waals surface area contributed by atoms with Gasteiger partial charge in [0, 0.05) is 30.1 Å². The Morgan fingerprint density at radius 3 is 1.77 bits per heavy atom. The van der Waals surface area contributed by atoms with Gasteiger partial charge in [0.2, 0.25) is 0 Å². The van der Waals surface area contributed by atoms with Crippen LogP contribution in [0.1, 0.15) is 5.56 Å². The molecule has 2 fully saturated rings. The van der Waals surface area contributed by atoms with Crippen LogP contribution in [0, 0.1) is 76.0 Å². The van der Waals surface area contributed by atoms with E-state index in [1.54, 1.807) is 7.11 Å². The first-order valence-corrected chi connectivity index (χ1v) is 6.81. The maximum absolute atomic E-state index is 5.67. The zero-order chi connectivity index (χ0) is 15.0. The Kier molecular flexibility index (Phi) is 8.87. The molecule has 2 saturated carbocycles. The van der Waals surface area contributed by atoms with Crippen molar-refractivity contribution < 1.29 is 21.8 Å². The zero-order valence-electron chi connectivity index (χ0n) is 12.4. The quantitative estimate of drug-likeness (QED) is 0.608. The van der Waals surface area contributed by atoms with Crippen molar-refractivity contribution in [2.24, 2.45) is 0 Å². The molecule has 2 aliphatic carbocycles. The van der Waals surface area contributed by atoms with Gasteiger partial charge in [-0.2, -0.15) is 0 Å². The van der Waals surface area contributed by atoms with Gasteiger partial charge in [-0.25, -0.2) is 0 Å². The summed E-state index contributed by atoms with van der Waals surface area (Å²) in [5, 5.41) is 0. The molecule has 1 aromatic carbocycles.